The minimum Gasteiger partial charge on any atom is -0.365 e. The number of carbonyl (C=O) groups excluding carboxylic acids is 2. The van der Waals surface area contributed by atoms with Gasteiger partial charge in [0.25, 0.3) is 5.91 Å². The van der Waals surface area contributed by atoms with Crippen molar-refractivity contribution < 1.29 is 9.59 Å². The molecule has 5 heteroatoms. The van der Waals surface area contributed by atoms with Crippen molar-refractivity contribution in [3.05, 3.63) is 41.0 Å². The lowest BCUT2D eigenvalue weighted by Gasteiger charge is -2.26. The number of benzene rings is 1. The number of hydrogen-bond donors (Lipinski definition) is 2. The Labute approximate surface area is 146 Å². The number of carbonyl (C=O) groups is 2. The van der Waals surface area contributed by atoms with Crippen molar-refractivity contribution in [2.75, 3.05) is 5.32 Å². The highest BCUT2D eigenvalue weighted by Gasteiger charge is 2.31. The molecule has 0 bridgehead atoms. The van der Waals surface area contributed by atoms with Crippen molar-refractivity contribution in [2.24, 2.45) is 5.73 Å². The van der Waals surface area contributed by atoms with Gasteiger partial charge < -0.3 is 11.1 Å². The molecule has 1 unspecified atom stereocenters. The highest BCUT2D eigenvalue weighted by atomic mass is 32.1. The Morgan fingerprint density at radius 3 is 2.75 bits per heavy atom. The number of nitrogens with two attached hydrogens (primary N) is 1. The molecule has 1 aromatic heterocycles. The van der Waals surface area contributed by atoms with E-state index >= 15 is 0 Å². The molecule has 0 aliphatic heterocycles. The topological polar surface area (TPSA) is 72.2 Å². The maximum atomic E-state index is 12.0. The summed E-state index contributed by atoms with van der Waals surface area (Å²) in [5.74, 6) is -0.261. The summed E-state index contributed by atoms with van der Waals surface area (Å²) in [5.41, 5.74) is 9.63. The Kier molecular flexibility index (Phi) is 4.71. The Hall–Kier alpha value is -2.14. The van der Waals surface area contributed by atoms with E-state index in [4.69, 9.17) is 5.73 Å². The van der Waals surface area contributed by atoms with Gasteiger partial charge in [0.1, 0.15) is 5.00 Å². The summed E-state index contributed by atoms with van der Waals surface area (Å²) in [6.45, 7) is 3.63. The summed E-state index contributed by atoms with van der Waals surface area (Å²) in [7, 11) is 0. The van der Waals surface area contributed by atoms with Gasteiger partial charge in [-0.15, -0.1) is 11.3 Å². The summed E-state index contributed by atoms with van der Waals surface area (Å²) >= 11 is 1.45. The molecular weight excluding hydrogens is 320 g/mol. The summed E-state index contributed by atoms with van der Waals surface area (Å²) in [4.78, 5) is 24.6. The zero-order chi connectivity index (χ0) is 17.3. The van der Waals surface area contributed by atoms with Crippen molar-refractivity contribution in [1.82, 2.24) is 0 Å². The van der Waals surface area contributed by atoms with Gasteiger partial charge in [-0.3, -0.25) is 9.59 Å². The fraction of sp³-hybridized carbons (Fsp3) is 0.368. The Morgan fingerprint density at radius 1 is 1.33 bits per heavy atom. The van der Waals surface area contributed by atoms with Crippen LogP contribution in [-0.4, -0.2) is 11.8 Å². The third kappa shape index (κ3) is 2.96. The summed E-state index contributed by atoms with van der Waals surface area (Å²) in [5, 5.41) is 3.35. The van der Waals surface area contributed by atoms with Crippen LogP contribution in [0.2, 0.25) is 0 Å². The highest BCUT2D eigenvalue weighted by Crippen LogP contribution is 2.49. The normalized spacial score (nSPS) is 15.5. The number of anilines is 1. The molecule has 0 saturated heterocycles. The van der Waals surface area contributed by atoms with Crippen molar-refractivity contribution in [1.29, 1.82) is 0 Å². The maximum Gasteiger partial charge on any atom is 0.252 e. The van der Waals surface area contributed by atoms with Gasteiger partial charge in [-0.05, 0) is 35.4 Å². The maximum absolute atomic E-state index is 12.0. The Balaban J connectivity index is 2.15. The van der Waals surface area contributed by atoms with E-state index in [0.717, 1.165) is 36.1 Å². The second kappa shape index (κ2) is 6.77. The van der Waals surface area contributed by atoms with Crippen LogP contribution in [0.3, 0.4) is 0 Å². The van der Waals surface area contributed by atoms with Crippen LogP contribution in [0.1, 0.15) is 60.5 Å². The lowest BCUT2D eigenvalue weighted by molar-refractivity contribution is -0.114. The standard InChI is InChI=1S/C19H22N2O2S/c1-3-4-7-12-10-15-16(18(20)23)19(21-11(2)22)24-17(15)14-9-6-5-8-13(12)14/h5-6,8-9,12H,3-4,7,10H2,1-2H3,(H2,20,23)(H,21,22). The van der Waals surface area contributed by atoms with Crippen LogP contribution in [0.15, 0.2) is 24.3 Å². The van der Waals surface area contributed by atoms with E-state index < -0.39 is 5.91 Å². The zero-order valence-corrected chi connectivity index (χ0v) is 14.8. The van der Waals surface area contributed by atoms with Crippen LogP contribution < -0.4 is 11.1 Å². The second-order valence-electron chi connectivity index (χ2n) is 6.29. The van der Waals surface area contributed by atoms with Crippen LogP contribution >= 0.6 is 11.3 Å². The van der Waals surface area contributed by atoms with Crippen LogP contribution in [0, 0.1) is 0 Å². The van der Waals surface area contributed by atoms with Gasteiger partial charge in [0.05, 0.1) is 5.56 Å². The number of hydrogen-bond acceptors (Lipinski definition) is 3. The monoisotopic (exact) mass is 342 g/mol. The summed E-state index contributed by atoms with van der Waals surface area (Å²) < 4.78 is 0. The van der Waals surface area contributed by atoms with Crippen molar-refractivity contribution in [3.63, 3.8) is 0 Å². The molecule has 4 nitrogen and oxygen atoms in total. The zero-order valence-electron chi connectivity index (χ0n) is 14.0. The first-order valence-corrected chi connectivity index (χ1v) is 9.16. The van der Waals surface area contributed by atoms with Crippen LogP contribution in [0.5, 0.6) is 0 Å². The predicted molar refractivity (Wildman–Crippen MR) is 98.5 cm³/mol. The summed E-state index contributed by atoms with van der Waals surface area (Å²) in [6, 6.07) is 8.37. The number of unbranched alkanes of at least 4 members (excludes halogenated alkanes) is 1. The van der Waals surface area contributed by atoms with Crippen molar-refractivity contribution >= 4 is 28.2 Å². The molecule has 0 saturated carbocycles. The minimum atomic E-state index is -0.468. The molecule has 0 radical (unpaired) electrons. The number of amides is 2. The minimum absolute atomic E-state index is 0.188. The number of fused-ring (bicyclic) bond motifs is 3. The highest BCUT2D eigenvalue weighted by molar-refractivity contribution is 7.20. The molecule has 1 aliphatic rings. The molecule has 1 atom stereocenters. The Bertz CT molecular complexity index is 795. The fourth-order valence-electron chi connectivity index (χ4n) is 3.51. The van der Waals surface area contributed by atoms with E-state index in [9.17, 15) is 9.59 Å². The van der Waals surface area contributed by atoms with Crippen LogP contribution in [0.25, 0.3) is 10.4 Å². The molecule has 1 heterocycles. The first-order chi connectivity index (χ1) is 11.5. The first kappa shape index (κ1) is 16.7. The molecule has 2 aromatic rings. The second-order valence-corrected chi connectivity index (χ2v) is 7.31. The van der Waals surface area contributed by atoms with Gasteiger partial charge >= 0.3 is 0 Å². The van der Waals surface area contributed by atoms with Gasteiger partial charge in [-0.2, -0.15) is 0 Å². The number of rotatable bonds is 5. The molecule has 0 fully saturated rings. The average molecular weight is 342 g/mol. The van der Waals surface area contributed by atoms with Crippen molar-refractivity contribution in [3.8, 4) is 10.4 Å². The fourth-order valence-corrected chi connectivity index (χ4v) is 4.84. The number of primary amides is 1. The third-order valence-corrected chi connectivity index (χ3v) is 5.73. The summed E-state index contributed by atoms with van der Waals surface area (Å²) in [6.07, 6.45) is 4.20. The predicted octanol–water partition coefficient (Wildman–Crippen LogP) is 4.30. The average Bonchev–Trinajstić information content (AvgIpc) is 2.90. The Morgan fingerprint density at radius 2 is 2.08 bits per heavy atom. The van der Waals surface area contributed by atoms with Crippen LogP contribution in [0.4, 0.5) is 5.00 Å². The van der Waals surface area contributed by atoms with Crippen molar-refractivity contribution in [2.45, 2.75) is 45.4 Å². The lowest BCUT2D eigenvalue weighted by atomic mass is 9.79. The largest absolute Gasteiger partial charge is 0.365 e. The molecule has 3 rings (SSSR count). The SMILES string of the molecule is CCCCC1Cc2c(sc(NC(C)=O)c2C(N)=O)-c2ccccc21. The van der Waals surface area contributed by atoms with Gasteiger partial charge in [-0.1, -0.05) is 44.0 Å². The van der Waals surface area contributed by atoms with E-state index in [1.54, 1.807) is 0 Å². The first-order valence-electron chi connectivity index (χ1n) is 8.35. The van der Waals surface area contributed by atoms with E-state index in [1.165, 1.54) is 29.4 Å². The molecule has 126 valence electrons. The molecule has 24 heavy (non-hydrogen) atoms. The van der Waals surface area contributed by atoms with Gasteiger partial charge in [0.15, 0.2) is 0 Å². The van der Waals surface area contributed by atoms with E-state index in [1.807, 2.05) is 6.07 Å². The lowest BCUT2D eigenvalue weighted by Crippen LogP contribution is -2.18. The molecule has 1 aromatic carbocycles. The smallest absolute Gasteiger partial charge is 0.252 e. The quantitative estimate of drug-likeness (QED) is 0.850. The van der Waals surface area contributed by atoms with E-state index in [-0.39, 0.29) is 5.91 Å². The van der Waals surface area contributed by atoms with E-state index in [2.05, 4.69) is 30.4 Å². The van der Waals surface area contributed by atoms with Gasteiger partial charge in [0, 0.05) is 11.8 Å². The molecule has 1 aliphatic carbocycles. The molecule has 3 N–H and O–H groups in total. The molecule has 2 amide bonds. The van der Waals surface area contributed by atoms with Crippen LogP contribution in [-0.2, 0) is 11.2 Å². The molecule has 0 spiro atoms. The number of nitrogens with one attached hydrogen (secondary N) is 1. The van der Waals surface area contributed by atoms with Gasteiger partial charge in [-0.25, -0.2) is 0 Å². The van der Waals surface area contributed by atoms with E-state index in [0.29, 0.717) is 16.5 Å². The molecular formula is C19H22N2O2S. The third-order valence-electron chi connectivity index (χ3n) is 4.54. The van der Waals surface area contributed by atoms with Gasteiger partial charge in [0.2, 0.25) is 5.91 Å². The number of thiophene rings is 1.